The predicted octanol–water partition coefficient (Wildman–Crippen LogP) is 4.70. The molecule has 0 spiro atoms. The van der Waals surface area contributed by atoms with Crippen LogP contribution in [0.1, 0.15) is 50.3 Å². The summed E-state index contributed by atoms with van der Waals surface area (Å²) in [6.07, 6.45) is 2.60. The van der Waals surface area contributed by atoms with E-state index in [9.17, 15) is 14.7 Å². The summed E-state index contributed by atoms with van der Waals surface area (Å²) in [7, 11) is 0. The molecule has 0 aliphatic carbocycles. The van der Waals surface area contributed by atoms with Crippen molar-refractivity contribution < 1.29 is 19.4 Å². The molecule has 1 saturated heterocycles. The number of carbonyl (C=O) groups excluding carboxylic acids is 2. The van der Waals surface area contributed by atoms with E-state index >= 15 is 0 Å². The molecule has 1 unspecified atom stereocenters. The van der Waals surface area contributed by atoms with E-state index in [4.69, 9.17) is 4.74 Å². The van der Waals surface area contributed by atoms with Gasteiger partial charge in [0, 0.05) is 12.1 Å². The Balaban J connectivity index is 2.05. The van der Waals surface area contributed by atoms with Crippen molar-refractivity contribution in [3.8, 4) is 5.75 Å². The number of hydrogen-bond acceptors (Lipinski definition) is 4. The van der Waals surface area contributed by atoms with Crippen molar-refractivity contribution >= 4 is 17.4 Å². The Kier molecular flexibility index (Phi) is 6.70. The van der Waals surface area contributed by atoms with Crippen molar-refractivity contribution in [3.05, 3.63) is 71.3 Å². The van der Waals surface area contributed by atoms with Crippen LogP contribution in [0, 0.1) is 0 Å². The summed E-state index contributed by atoms with van der Waals surface area (Å²) in [6, 6.07) is 15.7. The monoisotopic (exact) mass is 393 g/mol. The van der Waals surface area contributed by atoms with Gasteiger partial charge in [0.2, 0.25) is 0 Å². The topological polar surface area (TPSA) is 66.8 Å². The van der Waals surface area contributed by atoms with Gasteiger partial charge in [0.25, 0.3) is 11.7 Å². The first-order chi connectivity index (χ1) is 14.1. The van der Waals surface area contributed by atoms with Gasteiger partial charge < -0.3 is 14.7 Å². The first-order valence-corrected chi connectivity index (χ1v) is 10.1. The van der Waals surface area contributed by atoms with Gasteiger partial charge in [-0.05, 0) is 30.5 Å². The molecule has 1 fully saturated rings. The van der Waals surface area contributed by atoms with E-state index in [-0.39, 0.29) is 11.3 Å². The highest BCUT2D eigenvalue weighted by Crippen LogP contribution is 2.39. The predicted molar refractivity (Wildman–Crippen MR) is 113 cm³/mol. The van der Waals surface area contributed by atoms with Crippen molar-refractivity contribution in [2.75, 3.05) is 13.2 Å². The Morgan fingerprint density at radius 3 is 2.31 bits per heavy atom. The fourth-order valence-corrected chi connectivity index (χ4v) is 3.50. The van der Waals surface area contributed by atoms with Crippen LogP contribution in [-0.4, -0.2) is 34.8 Å². The maximum absolute atomic E-state index is 12.9. The highest BCUT2D eigenvalue weighted by molar-refractivity contribution is 6.46. The van der Waals surface area contributed by atoms with Crippen LogP contribution in [0.2, 0.25) is 0 Å². The molecule has 0 aromatic heterocycles. The molecule has 5 nitrogen and oxygen atoms in total. The van der Waals surface area contributed by atoms with E-state index in [1.807, 2.05) is 44.2 Å². The number of aliphatic hydroxyl groups is 1. The number of nitrogens with zero attached hydrogens (tertiary/aromatic N) is 1. The van der Waals surface area contributed by atoms with Crippen LogP contribution < -0.4 is 4.74 Å². The molecular formula is C24H27NO4. The number of aliphatic hydroxyl groups excluding tert-OH is 1. The number of ether oxygens (including phenoxy) is 1. The number of likely N-dealkylation sites (tertiary alicyclic amines) is 1. The maximum atomic E-state index is 12.9. The molecule has 152 valence electrons. The molecule has 0 saturated carbocycles. The molecule has 1 amide bonds. The Bertz CT molecular complexity index is 887. The third kappa shape index (κ3) is 4.34. The largest absolute Gasteiger partial charge is 0.507 e. The summed E-state index contributed by atoms with van der Waals surface area (Å²) >= 11 is 0. The molecule has 1 aliphatic heterocycles. The highest BCUT2D eigenvalue weighted by atomic mass is 16.5. The van der Waals surface area contributed by atoms with Gasteiger partial charge in [-0.25, -0.2) is 0 Å². The summed E-state index contributed by atoms with van der Waals surface area (Å²) in [6.45, 7) is 5.17. The van der Waals surface area contributed by atoms with Crippen LogP contribution in [0.15, 0.2) is 60.2 Å². The van der Waals surface area contributed by atoms with Gasteiger partial charge in [-0.2, -0.15) is 0 Å². The van der Waals surface area contributed by atoms with Crippen molar-refractivity contribution in [3.63, 3.8) is 0 Å². The molecule has 5 heteroatoms. The zero-order valence-corrected chi connectivity index (χ0v) is 16.9. The van der Waals surface area contributed by atoms with E-state index in [2.05, 4.69) is 0 Å². The Hall–Kier alpha value is -3.08. The number of Topliss-reactive ketones (excluding diaryl/α,β-unsaturated/α-hetero) is 1. The zero-order chi connectivity index (χ0) is 20.8. The summed E-state index contributed by atoms with van der Waals surface area (Å²) in [5, 5.41) is 10.9. The van der Waals surface area contributed by atoms with E-state index in [1.54, 1.807) is 29.2 Å². The van der Waals surface area contributed by atoms with Crippen molar-refractivity contribution in [1.82, 2.24) is 4.90 Å². The molecule has 1 N–H and O–H groups in total. The molecule has 1 heterocycles. The van der Waals surface area contributed by atoms with Gasteiger partial charge in [-0.1, -0.05) is 62.7 Å². The second-order valence-corrected chi connectivity index (χ2v) is 7.13. The third-order valence-electron chi connectivity index (χ3n) is 5.01. The first kappa shape index (κ1) is 20.6. The smallest absolute Gasteiger partial charge is 0.295 e. The average Bonchev–Trinajstić information content (AvgIpc) is 3.01. The minimum absolute atomic E-state index is 0.138. The second-order valence-electron chi connectivity index (χ2n) is 7.13. The van der Waals surface area contributed by atoms with Crippen molar-refractivity contribution in [2.24, 2.45) is 0 Å². The van der Waals surface area contributed by atoms with Crippen LogP contribution in [0.5, 0.6) is 5.75 Å². The van der Waals surface area contributed by atoms with Crippen molar-refractivity contribution in [2.45, 2.75) is 39.2 Å². The van der Waals surface area contributed by atoms with Crippen LogP contribution in [-0.2, 0) is 9.59 Å². The lowest BCUT2D eigenvalue weighted by atomic mass is 9.95. The lowest BCUT2D eigenvalue weighted by Crippen LogP contribution is -2.30. The standard InChI is InChI=1S/C24H27NO4/c1-3-5-15-25-21(17-11-13-19(14-12-17)29-16-4-2)20(23(27)24(25)28)22(26)18-9-7-6-8-10-18/h6-14,21,26H,3-5,15-16H2,1-2H3/b22-20-. The molecule has 2 aromatic rings. The summed E-state index contributed by atoms with van der Waals surface area (Å²) < 4.78 is 5.64. The summed E-state index contributed by atoms with van der Waals surface area (Å²) in [4.78, 5) is 27.2. The molecule has 0 bridgehead atoms. The molecule has 3 rings (SSSR count). The van der Waals surface area contributed by atoms with Gasteiger partial charge in [0.15, 0.2) is 0 Å². The number of amides is 1. The van der Waals surface area contributed by atoms with Gasteiger partial charge >= 0.3 is 0 Å². The highest BCUT2D eigenvalue weighted by Gasteiger charge is 2.45. The minimum atomic E-state index is -0.640. The lowest BCUT2D eigenvalue weighted by molar-refractivity contribution is -0.139. The first-order valence-electron chi connectivity index (χ1n) is 10.1. The molecule has 0 radical (unpaired) electrons. The molecule has 1 atom stereocenters. The fourth-order valence-electron chi connectivity index (χ4n) is 3.50. The lowest BCUT2D eigenvalue weighted by Gasteiger charge is -2.25. The third-order valence-corrected chi connectivity index (χ3v) is 5.01. The Labute approximate surface area is 171 Å². The van der Waals surface area contributed by atoms with E-state index in [1.165, 1.54) is 0 Å². The van der Waals surface area contributed by atoms with Gasteiger partial charge in [0.05, 0.1) is 18.2 Å². The maximum Gasteiger partial charge on any atom is 0.295 e. The van der Waals surface area contributed by atoms with E-state index in [0.717, 1.165) is 30.6 Å². The number of carbonyl (C=O) groups is 2. The fraction of sp³-hybridized carbons (Fsp3) is 0.333. The molecule has 29 heavy (non-hydrogen) atoms. The second kappa shape index (κ2) is 9.41. The van der Waals surface area contributed by atoms with Crippen LogP contribution >= 0.6 is 0 Å². The van der Waals surface area contributed by atoms with E-state index in [0.29, 0.717) is 18.7 Å². The zero-order valence-electron chi connectivity index (χ0n) is 16.9. The number of unbranched alkanes of at least 4 members (excludes halogenated alkanes) is 1. The molecule has 2 aromatic carbocycles. The van der Waals surface area contributed by atoms with Crippen LogP contribution in [0.25, 0.3) is 5.76 Å². The van der Waals surface area contributed by atoms with Crippen molar-refractivity contribution in [1.29, 1.82) is 0 Å². The van der Waals surface area contributed by atoms with Gasteiger partial charge in [-0.3, -0.25) is 9.59 Å². The normalized spacial score (nSPS) is 18.3. The number of ketones is 1. The number of benzene rings is 2. The Morgan fingerprint density at radius 2 is 1.69 bits per heavy atom. The summed E-state index contributed by atoms with van der Waals surface area (Å²) in [5.41, 5.74) is 1.44. The average molecular weight is 393 g/mol. The van der Waals surface area contributed by atoms with Gasteiger partial charge in [-0.15, -0.1) is 0 Å². The molecular weight excluding hydrogens is 366 g/mol. The Morgan fingerprint density at radius 1 is 1.00 bits per heavy atom. The quantitative estimate of drug-likeness (QED) is 0.401. The minimum Gasteiger partial charge on any atom is -0.507 e. The summed E-state index contributed by atoms with van der Waals surface area (Å²) in [5.74, 6) is -0.602. The van der Waals surface area contributed by atoms with E-state index < -0.39 is 17.7 Å². The molecule has 1 aliphatic rings. The number of hydrogen-bond donors (Lipinski definition) is 1. The number of rotatable bonds is 8. The van der Waals surface area contributed by atoms with Gasteiger partial charge in [0.1, 0.15) is 11.5 Å². The van der Waals surface area contributed by atoms with Crippen LogP contribution in [0.3, 0.4) is 0 Å². The SMILES string of the molecule is CCCCN1C(=O)C(=O)/C(=C(\O)c2ccccc2)C1c1ccc(OCCC)cc1. The van der Waals surface area contributed by atoms with Crippen LogP contribution in [0.4, 0.5) is 0 Å².